The van der Waals surface area contributed by atoms with E-state index in [2.05, 4.69) is 4.98 Å². The topological polar surface area (TPSA) is 53.5 Å². The molecule has 1 heterocycles. The third kappa shape index (κ3) is 2.79. The average Bonchev–Trinajstić information content (AvgIpc) is 2.28. The maximum Gasteiger partial charge on any atom is 0.241 e. The van der Waals surface area contributed by atoms with E-state index in [1.165, 1.54) is 4.90 Å². The number of carbonyl (C=O) groups excluding carboxylic acids is 2. The van der Waals surface area contributed by atoms with Crippen LogP contribution in [0.3, 0.4) is 0 Å². The Bertz CT molecular complexity index is 391. The summed E-state index contributed by atoms with van der Waals surface area (Å²) in [6.45, 7) is 0.199. The molecule has 0 saturated heterocycles. The third-order valence-electron chi connectivity index (χ3n) is 2.18. The Hall–Kier alpha value is -1.91. The van der Waals surface area contributed by atoms with Crippen molar-refractivity contribution in [3.8, 4) is 0 Å². The van der Waals surface area contributed by atoms with Gasteiger partial charge in [-0.3, -0.25) is 9.59 Å². The smallest absolute Gasteiger partial charge is 0.241 e. The molecule has 0 fully saturated rings. The fourth-order valence-electron chi connectivity index (χ4n) is 1.24. The highest BCUT2D eigenvalue weighted by Gasteiger charge is 2.12. The zero-order chi connectivity index (χ0) is 12.1. The van der Waals surface area contributed by atoms with Gasteiger partial charge in [0, 0.05) is 27.3 Å². The van der Waals surface area contributed by atoms with Gasteiger partial charge in [-0.25, -0.2) is 4.98 Å². The van der Waals surface area contributed by atoms with Crippen LogP contribution in [0.4, 0.5) is 5.82 Å². The summed E-state index contributed by atoms with van der Waals surface area (Å²) in [7, 11) is 5.11. The summed E-state index contributed by atoms with van der Waals surface area (Å²) >= 11 is 0. The number of aromatic nitrogens is 1. The summed E-state index contributed by atoms with van der Waals surface area (Å²) in [4.78, 5) is 29.5. The van der Waals surface area contributed by atoms with Crippen LogP contribution in [0.5, 0.6) is 0 Å². The van der Waals surface area contributed by atoms with Crippen molar-refractivity contribution in [1.82, 2.24) is 9.88 Å². The molecule has 0 bridgehead atoms. The third-order valence-corrected chi connectivity index (χ3v) is 2.18. The molecular weight excluding hydrogens is 206 g/mol. The van der Waals surface area contributed by atoms with E-state index in [0.717, 1.165) is 6.29 Å². The second-order valence-electron chi connectivity index (χ2n) is 3.68. The Labute approximate surface area is 94.7 Å². The highest BCUT2D eigenvalue weighted by atomic mass is 16.2. The first kappa shape index (κ1) is 12.2. The number of amides is 1. The zero-order valence-electron chi connectivity index (χ0n) is 9.67. The molecule has 0 atom stereocenters. The summed E-state index contributed by atoms with van der Waals surface area (Å²) in [6.07, 6.45) is 2.33. The van der Waals surface area contributed by atoms with E-state index in [1.807, 2.05) is 0 Å². The van der Waals surface area contributed by atoms with Gasteiger partial charge in [-0.05, 0) is 12.1 Å². The molecule has 0 aliphatic carbocycles. The number of carbonyl (C=O) groups is 2. The maximum atomic E-state index is 11.5. The molecule has 1 amide bonds. The zero-order valence-corrected chi connectivity index (χ0v) is 9.67. The van der Waals surface area contributed by atoms with Gasteiger partial charge in [0.2, 0.25) is 5.91 Å². The molecule has 16 heavy (non-hydrogen) atoms. The number of aldehydes is 1. The van der Waals surface area contributed by atoms with Gasteiger partial charge in [-0.15, -0.1) is 0 Å². The molecule has 0 spiro atoms. The van der Waals surface area contributed by atoms with Gasteiger partial charge in [0.1, 0.15) is 5.82 Å². The SMILES string of the molecule is CN(C)C(=O)CN(C)c1ncccc1C=O. The number of rotatable bonds is 4. The lowest BCUT2D eigenvalue weighted by Crippen LogP contribution is -2.35. The summed E-state index contributed by atoms with van der Waals surface area (Å²) in [6, 6.07) is 3.36. The first-order valence-electron chi connectivity index (χ1n) is 4.87. The van der Waals surface area contributed by atoms with Crippen molar-refractivity contribution in [2.75, 3.05) is 32.6 Å². The first-order valence-corrected chi connectivity index (χ1v) is 4.87. The minimum Gasteiger partial charge on any atom is -0.350 e. The fraction of sp³-hybridized carbons (Fsp3) is 0.364. The van der Waals surface area contributed by atoms with Crippen molar-refractivity contribution in [1.29, 1.82) is 0 Å². The Morgan fingerprint density at radius 1 is 1.44 bits per heavy atom. The number of hydrogen-bond donors (Lipinski definition) is 0. The summed E-state index contributed by atoms with van der Waals surface area (Å²) in [5, 5.41) is 0. The van der Waals surface area contributed by atoms with Gasteiger partial charge < -0.3 is 9.80 Å². The Morgan fingerprint density at radius 2 is 2.12 bits per heavy atom. The van der Waals surface area contributed by atoms with Crippen LogP contribution < -0.4 is 4.90 Å². The van der Waals surface area contributed by atoms with Gasteiger partial charge in [-0.1, -0.05) is 0 Å². The monoisotopic (exact) mass is 221 g/mol. The minimum atomic E-state index is -0.0370. The van der Waals surface area contributed by atoms with E-state index in [4.69, 9.17) is 0 Å². The molecule has 0 saturated carbocycles. The van der Waals surface area contributed by atoms with E-state index in [-0.39, 0.29) is 12.5 Å². The van der Waals surface area contributed by atoms with Gasteiger partial charge in [0.15, 0.2) is 6.29 Å². The standard InChI is InChI=1S/C11H15N3O2/c1-13(2)10(16)7-14(3)11-9(8-15)5-4-6-12-11/h4-6,8H,7H2,1-3H3. The van der Waals surface area contributed by atoms with Crippen LogP contribution in [-0.4, -0.2) is 49.8 Å². The van der Waals surface area contributed by atoms with Crippen LogP contribution in [0.25, 0.3) is 0 Å². The summed E-state index contributed by atoms with van der Waals surface area (Å²) in [5.41, 5.74) is 0.483. The van der Waals surface area contributed by atoms with Crippen LogP contribution in [0.2, 0.25) is 0 Å². The number of hydrogen-bond acceptors (Lipinski definition) is 4. The summed E-state index contributed by atoms with van der Waals surface area (Å²) < 4.78 is 0. The van der Waals surface area contributed by atoms with E-state index < -0.39 is 0 Å². The van der Waals surface area contributed by atoms with Gasteiger partial charge in [-0.2, -0.15) is 0 Å². The minimum absolute atomic E-state index is 0.0370. The second-order valence-corrected chi connectivity index (χ2v) is 3.68. The van der Waals surface area contributed by atoms with Crippen LogP contribution >= 0.6 is 0 Å². The van der Waals surface area contributed by atoms with Crippen molar-refractivity contribution < 1.29 is 9.59 Å². The lowest BCUT2D eigenvalue weighted by Gasteiger charge is -2.20. The molecule has 5 heteroatoms. The summed E-state index contributed by atoms with van der Waals surface area (Å²) in [5.74, 6) is 0.484. The van der Waals surface area contributed by atoms with Gasteiger partial charge in [0.25, 0.3) is 0 Å². The highest BCUT2D eigenvalue weighted by molar-refractivity contribution is 5.86. The Kier molecular flexibility index (Phi) is 3.99. The van der Waals surface area contributed by atoms with E-state index in [1.54, 1.807) is 44.4 Å². The molecule has 0 N–H and O–H groups in total. The lowest BCUT2D eigenvalue weighted by molar-refractivity contribution is -0.127. The van der Waals surface area contributed by atoms with Crippen molar-refractivity contribution in [3.05, 3.63) is 23.9 Å². The van der Waals surface area contributed by atoms with Gasteiger partial charge >= 0.3 is 0 Å². The Morgan fingerprint density at radius 3 is 2.69 bits per heavy atom. The van der Waals surface area contributed by atoms with E-state index in [0.29, 0.717) is 11.4 Å². The molecule has 0 unspecified atom stereocenters. The second kappa shape index (κ2) is 5.25. The number of likely N-dealkylation sites (N-methyl/N-ethyl adjacent to an activating group) is 2. The van der Waals surface area contributed by atoms with Crippen molar-refractivity contribution in [3.63, 3.8) is 0 Å². The van der Waals surface area contributed by atoms with Crippen molar-refractivity contribution in [2.45, 2.75) is 0 Å². The first-order chi connectivity index (χ1) is 7.56. The maximum absolute atomic E-state index is 11.5. The molecule has 1 rings (SSSR count). The largest absolute Gasteiger partial charge is 0.350 e. The van der Waals surface area contributed by atoms with Crippen LogP contribution in [-0.2, 0) is 4.79 Å². The van der Waals surface area contributed by atoms with Crippen LogP contribution in [0, 0.1) is 0 Å². The van der Waals surface area contributed by atoms with Crippen molar-refractivity contribution >= 4 is 18.0 Å². The fourth-order valence-corrected chi connectivity index (χ4v) is 1.24. The van der Waals surface area contributed by atoms with Gasteiger partial charge in [0.05, 0.1) is 12.1 Å². The average molecular weight is 221 g/mol. The lowest BCUT2D eigenvalue weighted by atomic mass is 10.2. The highest BCUT2D eigenvalue weighted by Crippen LogP contribution is 2.13. The molecule has 86 valence electrons. The predicted molar refractivity (Wildman–Crippen MR) is 61.6 cm³/mol. The Balaban J connectivity index is 2.84. The molecule has 0 radical (unpaired) electrons. The molecule has 0 aliphatic heterocycles. The quantitative estimate of drug-likeness (QED) is 0.691. The number of pyridine rings is 1. The normalized spacial score (nSPS) is 9.69. The molecule has 0 aliphatic rings. The number of anilines is 1. The van der Waals surface area contributed by atoms with Crippen LogP contribution in [0.15, 0.2) is 18.3 Å². The van der Waals surface area contributed by atoms with Crippen molar-refractivity contribution in [2.24, 2.45) is 0 Å². The molecule has 1 aromatic heterocycles. The predicted octanol–water partition coefficient (Wildman–Crippen LogP) is 0.418. The molecule has 0 aromatic carbocycles. The molecule has 1 aromatic rings. The molecular formula is C11H15N3O2. The van der Waals surface area contributed by atoms with E-state index >= 15 is 0 Å². The van der Waals surface area contributed by atoms with Crippen LogP contribution in [0.1, 0.15) is 10.4 Å². The number of nitrogens with zero attached hydrogens (tertiary/aromatic N) is 3. The molecule has 5 nitrogen and oxygen atoms in total. The van der Waals surface area contributed by atoms with E-state index in [9.17, 15) is 9.59 Å².